The highest BCUT2D eigenvalue weighted by Gasteiger charge is 2.17. The third-order valence-corrected chi connectivity index (χ3v) is 4.13. The number of piperazine rings is 1. The first-order valence-corrected chi connectivity index (χ1v) is 8.53. The SMILES string of the molecule is COc1ccccc1OCC(=O)Nc1ccc(N2CCN(C=O)CC2)nn1. The molecule has 1 aliphatic rings. The summed E-state index contributed by atoms with van der Waals surface area (Å²) in [4.78, 5) is 26.6. The Balaban J connectivity index is 1.50. The van der Waals surface area contributed by atoms with Gasteiger partial charge in [0.2, 0.25) is 6.41 Å². The highest BCUT2D eigenvalue weighted by Crippen LogP contribution is 2.25. The number of hydrogen-bond donors (Lipinski definition) is 1. The minimum absolute atomic E-state index is 0.169. The van der Waals surface area contributed by atoms with E-state index in [0.717, 1.165) is 6.41 Å². The van der Waals surface area contributed by atoms with Gasteiger partial charge in [0.15, 0.2) is 29.7 Å². The number of rotatable bonds is 7. The van der Waals surface area contributed by atoms with E-state index in [-0.39, 0.29) is 12.5 Å². The Bertz CT molecular complexity index is 776. The summed E-state index contributed by atoms with van der Waals surface area (Å²) in [6.45, 7) is 2.54. The molecule has 2 amide bonds. The summed E-state index contributed by atoms with van der Waals surface area (Å²) in [6.07, 6.45) is 0.856. The molecule has 1 N–H and O–H groups in total. The van der Waals surface area contributed by atoms with Crippen molar-refractivity contribution >= 4 is 24.0 Å². The zero-order chi connectivity index (χ0) is 19.1. The van der Waals surface area contributed by atoms with Crippen LogP contribution in [0.2, 0.25) is 0 Å². The van der Waals surface area contributed by atoms with Gasteiger partial charge in [0.05, 0.1) is 7.11 Å². The van der Waals surface area contributed by atoms with Crippen molar-refractivity contribution in [3.05, 3.63) is 36.4 Å². The van der Waals surface area contributed by atoms with E-state index in [1.165, 1.54) is 7.11 Å². The maximum absolute atomic E-state index is 12.0. The highest BCUT2D eigenvalue weighted by atomic mass is 16.5. The number of aromatic nitrogens is 2. The average Bonchev–Trinajstić information content (AvgIpc) is 2.73. The van der Waals surface area contributed by atoms with Gasteiger partial charge in [-0.05, 0) is 24.3 Å². The van der Waals surface area contributed by atoms with Crippen LogP contribution < -0.4 is 19.7 Å². The van der Waals surface area contributed by atoms with Crippen LogP contribution in [-0.4, -0.2) is 67.3 Å². The maximum atomic E-state index is 12.0. The largest absolute Gasteiger partial charge is 0.493 e. The molecule has 142 valence electrons. The predicted octanol–water partition coefficient (Wildman–Crippen LogP) is 0.781. The van der Waals surface area contributed by atoms with Crippen LogP contribution in [0.5, 0.6) is 11.5 Å². The number of anilines is 2. The fourth-order valence-corrected chi connectivity index (χ4v) is 2.68. The second kappa shape index (κ2) is 8.84. The van der Waals surface area contributed by atoms with E-state index in [9.17, 15) is 9.59 Å². The van der Waals surface area contributed by atoms with Gasteiger partial charge in [0.1, 0.15) is 0 Å². The zero-order valence-electron chi connectivity index (χ0n) is 15.0. The second-order valence-electron chi connectivity index (χ2n) is 5.89. The molecule has 0 atom stereocenters. The lowest BCUT2D eigenvalue weighted by Gasteiger charge is -2.32. The number of carbonyl (C=O) groups is 2. The third-order valence-electron chi connectivity index (χ3n) is 4.13. The Morgan fingerprint density at radius 3 is 2.48 bits per heavy atom. The molecule has 9 nitrogen and oxygen atoms in total. The van der Waals surface area contributed by atoms with Crippen LogP contribution in [-0.2, 0) is 9.59 Å². The van der Waals surface area contributed by atoms with Crippen molar-refractivity contribution in [1.29, 1.82) is 0 Å². The van der Waals surface area contributed by atoms with Crippen LogP contribution in [0.4, 0.5) is 11.6 Å². The van der Waals surface area contributed by atoms with E-state index in [1.54, 1.807) is 35.2 Å². The number of methoxy groups -OCH3 is 1. The average molecular weight is 371 g/mol. The van der Waals surface area contributed by atoms with Crippen molar-refractivity contribution in [3.8, 4) is 11.5 Å². The van der Waals surface area contributed by atoms with E-state index in [2.05, 4.69) is 15.5 Å². The summed E-state index contributed by atoms with van der Waals surface area (Å²) in [5.74, 6) is 1.76. The van der Waals surface area contributed by atoms with Crippen molar-refractivity contribution in [2.45, 2.75) is 0 Å². The molecule has 2 heterocycles. The fraction of sp³-hybridized carbons (Fsp3) is 0.333. The van der Waals surface area contributed by atoms with E-state index in [1.807, 2.05) is 11.0 Å². The molecule has 0 unspecified atom stereocenters. The van der Waals surface area contributed by atoms with Gasteiger partial charge in [0.25, 0.3) is 5.91 Å². The lowest BCUT2D eigenvalue weighted by molar-refractivity contribution is -0.119. The Labute approximate surface area is 156 Å². The number of nitrogens with zero attached hydrogens (tertiary/aromatic N) is 4. The minimum Gasteiger partial charge on any atom is -0.493 e. The van der Waals surface area contributed by atoms with Gasteiger partial charge in [-0.3, -0.25) is 9.59 Å². The number of nitrogens with one attached hydrogen (secondary N) is 1. The topological polar surface area (TPSA) is 96.9 Å². The van der Waals surface area contributed by atoms with Gasteiger partial charge in [-0.2, -0.15) is 0 Å². The molecule has 0 aliphatic carbocycles. The quantitative estimate of drug-likeness (QED) is 0.719. The Kier molecular flexibility index (Phi) is 6.03. The molecule has 1 aromatic heterocycles. The van der Waals surface area contributed by atoms with Crippen molar-refractivity contribution in [2.75, 3.05) is 50.1 Å². The standard InChI is InChI=1S/C18H21N5O4/c1-26-14-4-2-3-5-15(14)27-12-18(25)19-16-6-7-17(21-20-16)23-10-8-22(13-24)9-11-23/h2-7,13H,8-12H2,1H3,(H,19,20,25). The molecule has 1 fully saturated rings. The summed E-state index contributed by atoms with van der Waals surface area (Å²) in [6, 6.07) is 10.6. The second-order valence-corrected chi connectivity index (χ2v) is 5.89. The maximum Gasteiger partial charge on any atom is 0.263 e. The van der Waals surface area contributed by atoms with Crippen molar-refractivity contribution in [3.63, 3.8) is 0 Å². The highest BCUT2D eigenvalue weighted by molar-refractivity contribution is 5.90. The van der Waals surface area contributed by atoms with Crippen LogP contribution in [0.3, 0.4) is 0 Å². The van der Waals surface area contributed by atoms with Gasteiger partial charge in [0, 0.05) is 26.2 Å². The Hall–Kier alpha value is -3.36. The molecular weight excluding hydrogens is 350 g/mol. The molecule has 1 aromatic carbocycles. The van der Waals surface area contributed by atoms with Gasteiger partial charge >= 0.3 is 0 Å². The molecule has 3 rings (SSSR count). The zero-order valence-corrected chi connectivity index (χ0v) is 15.0. The normalized spacial score (nSPS) is 13.8. The monoisotopic (exact) mass is 371 g/mol. The van der Waals surface area contributed by atoms with Gasteiger partial charge in [-0.1, -0.05) is 12.1 Å². The van der Waals surface area contributed by atoms with Crippen LogP contribution in [0.25, 0.3) is 0 Å². The number of hydrogen-bond acceptors (Lipinski definition) is 7. The molecule has 9 heteroatoms. The van der Waals surface area contributed by atoms with Crippen LogP contribution in [0, 0.1) is 0 Å². The molecule has 0 saturated carbocycles. The van der Waals surface area contributed by atoms with Crippen molar-refractivity contribution in [2.24, 2.45) is 0 Å². The summed E-state index contributed by atoms with van der Waals surface area (Å²) in [7, 11) is 1.54. The number of carbonyl (C=O) groups excluding carboxylic acids is 2. The molecule has 1 aliphatic heterocycles. The number of ether oxygens (including phenoxy) is 2. The number of benzene rings is 1. The van der Waals surface area contributed by atoms with Crippen LogP contribution >= 0.6 is 0 Å². The van der Waals surface area contributed by atoms with E-state index < -0.39 is 0 Å². The van der Waals surface area contributed by atoms with Gasteiger partial charge in [-0.25, -0.2) is 0 Å². The molecule has 27 heavy (non-hydrogen) atoms. The summed E-state index contributed by atoms with van der Waals surface area (Å²) in [5.41, 5.74) is 0. The van der Waals surface area contributed by atoms with Crippen molar-refractivity contribution < 1.29 is 19.1 Å². The molecule has 2 aromatic rings. The first-order valence-electron chi connectivity index (χ1n) is 8.53. The third kappa shape index (κ3) is 4.84. The van der Waals surface area contributed by atoms with Gasteiger partial charge in [-0.15, -0.1) is 10.2 Å². The van der Waals surface area contributed by atoms with Crippen LogP contribution in [0.15, 0.2) is 36.4 Å². The predicted molar refractivity (Wildman–Crippen MR) is 99.0 cm³/mol. The first kappa shape index (κ1) is 18.4. The number of para-hydroxylation sites is 2. The summed E-state index contributed by atoms with van der Waals surface area (Å²) in [5, 5.41) is 10.8. The summed E-state index contributed by atoms with van der Waals surface area (Å²) >= 11 is 0. The molecular formula is C18H21N5O4. The smallest absolute Gasteiger partial charge is 0.263 e. The number of amides is 2. The van der Waals surface area contributed by atoms with Crippen LogP contribution in [0.1, 0.15) is 0 Å². The Morgan fingerprint density at radius 2 is 1.85 bits per heavy atom. The summed E-state index contributed by atoms with van der Waals surface area (Å²) < 4.78 is 10.6. The van der Waals surface area contributed by atoms with Gasteiger partial charge < -0.3 is 24.6 Å². The van der Waals surface area contributed by atoms with E-state index in [0.29, 0.717) is 49.3 Å². The fourth-order valence-electron chi connectivity index (χ4n) is 2.68. The first-order chi connectivity index (χ1) is 13.2. The Morgan fingerprint density at radius 1 is 1.11 bits per heavy atom. The van der Waals surface area contributed by atoms with E-state index >= 15 is 0 Å². The van der Waals surface area contributed by atoms with E-state index in [4.69, 9.17) is 9.47 Å². The minimum atomic E-state index is -0.345. The molecule has 0 radical (unpaired) electrons. The van der Waals surface area contributed by atoms with Crippen molar-refractivity contribution in [1.82, 2.24) is 15.1 Å². The lowest BCUT2D eigenvalue weighted by Crippen LogP contribution is -2.46. The molecule has 0 bridgehead atoms. The lowest BCUT2D eigenvalue weighted by atomic mass is 10.3. The molecule has 0 spiro atoms. The molecule has 1 saturated heterocycles.